The highest BCUT2D eigenvalue weighted by Gasteiger charge is 2.18. The van der Waals surface area contributed by atoms with Crippen molar-refractivity contribution in [3.63, 3.8) is 0 Å². The predicted molar refractivity (Wildman–Crippen MR) is 206 cm³/mol. The molecule has 0 aliphatic heterocycles. The summed E-state index contributed by atoms with van der Waals surface area (Å²) < 4.78 is 42.5. The molecule has 4 heterocycles. The number of aromatic amines is 2. The van der Waals surface area contributed by atoms with Gasteiger partial charge in [0.1, 0.15) is 5.75 Å². The molecule has 0 spiro atoms. The summed E-state index contributed by atoms with van der Waals surface area (Å²) in [5.74, 6) is -1.04. The molecule has 0 radical (unpaired) electrons. The average Bonchev–Trinajstić information content (AvgIpc) is 3.07. The zero-order valence-electron chi connectivity index (χ0n) is 26.4. The summed E-state index contributed by atoms with van der Waals surface area (Å²) >= 11 is 18.6. The summed E-state index contributed by atoms with van der Waals surface area (Å²) in [7, 11) is 0. The molecule has 2 aromatic carbocycles. The Labute approximate surface area is 329 Å². The van der Waals surface area contributed by atoms with Crippen LogP contribution in [0.5, 0.6) is 23.0 Å². The second-order valence-electron chi connectivity index (χ2n) is 10.9. The maximum atomic E-state index is 14.9. The largest absolute Gasteiger partial charge is 0.619 e. The maximum absolute atomic E-state index is 14.9. The lowest BCUT2D eigenvalue weighted by molar-refractivity contribution is -0.606. The van der Waals surface area contributed by atoms with Crippen molar-refractivity contribution in [2.24, 2.45) is 0 Å². The van der Waals surface area contributed by atoms with Gasteiger partial charge in [-0.1, -0.05) is 50.2 Å². The molecule has 17 heteroatoms. The number of ether oxygens (including phenoxy) is 2. The van der Waals surface area contributed by atoms with Gasteiger partial charge in [-0.2, -0.15) is 14.9 Å². The third-order valence-electron chi connectivity index (χ3n) is 6.99. The molecule has 6 rings (SSSR count). The number of aryl methyl sites for hydroxylation is 2. The number of H-pyrrole nitrogens is 2. The van der Waals surface area contributed by atoms with Crippen molar-refractivity contribution < 1.29 is 23.0 Å². The summed E-state index contributed by atoms with van der Waals surface area (Å²) in [6.45, 7) is 3.30. The van der Waals surface area contributed by atoms with Gasteiger partial charge in [0, 0.05) is 40.7 Å². The highest BCUT2D eigenvalue weighted by molar-refractivity contribution is 9.10. The molecule has 0 saturated carbocycles. The molecule has 0 amide bonds. The van der Waals surface area contributed by atoms with E-state index in [4.69, 9.17) is 32.7 Å². The van der Waals surface area contributed by atoms with Crippen molar-refractivity contribution in [3.05, 3.63) is 163 Å². The SMILES string of the molecule is C.C.Cc1cc(Cc2ccc(Cl)c(Oc3cc(Br)c[n+]([O-])c3)c2F)n[nH]c1=O.Cc1cc(Cc2ccc(Cl)c(Oc3cncc(Br)c3)c2F)n[nH]c1=O. The molecular formula is C36H32Br2Cl2F2N6O5. The number of halogens is 6. The quantitative estimate of drug-likeness (QED) is 0.113. The minimum Gasteiger partial charge on any atom is -0.619 e. The Bertz CT molecular complexity index is 2340. The van der Waals surface area contributed by atoms with Gasteiger partial charge in [-0.15, -0.1) is 0 Å². The highest BCUT2D eigenvalue weighted by atomic mass is 79.9. The average molecular weight is 897 g/mol. The Morgan fingerprint density at radius 1 is 0.736 bits per heavy atom. The number of pyridine rings is 2. The van der Waals surface area contributed by atoms with E-state index in [1.54, 1.807) is 50.4 Å². The minimum absolute atomic E-state index is 0. The van der Waals surface area contributed by atoms with Crippen molar-refractivity contribution in [1.82, 2.24) is 25.4 Å². The van der Waals surface area contributed by atoms with E-state index in [1.165, 1.54) is 30.6 Å². The van der Waals surface area contributed by atoms with Crippen LogP contribution in [0.1, 0.15) is 48.5 Å². The number of rotatable bonds is 8. The van der Waals surface area contributed by atoms with Gasteiger partial charge in [-0.3, -0.25) is 14.6 Å². The Hall–Kier alpha value is -4.70. The van der Waals surface area contributed by atoms with Crippen LogP contribution in [0.2, 0.25) is 10.0 Å². The molecule has 278 valence electrons. The standard InChI is InChI=1S/C17H12BrClFN3O3.C17H12BrClFN3O2.2CH4/c1-9-4-12(21-22-17(9)24)5-10-2-3-14(19)16(15(10)20)26-13-6-11(18)7-23(25)8-13;1-9-4-12(22-23-17(9)24)5-10-2-3-14(19)16(15(10)20)25-13-6-11(18)7-21-8-13;;/h2-4,6-8H,5H2,1H3,(H,22,24);2-4,6-8H,5H2,1H3,(H,23,24);2*1H4. The van der Waals surface area contributed by atoms with Crippen molar-refractivity contribution in [2.75, 3.05) is 0 Å². The molecule has 0 saturated heterocycles. The first-order chi connectivity index (χ1) is 24.3. The van der Waals surface area contributed by atoms with Crippen LogP contribution in [0.15, 0.2) is 91.9 Å². The lowest BCUT2D eigenvalue weighted by Gasteiger charge is -2.12. The third-order valence-corrected chi connectivity index (χ3v) is 8.45. The van der Waals surface area contributed by atoms with Crippen molar-refractivity contribution in [1.29, 1.82) is 0 Å². The van der Waals surface area contributed by atoms with Crippen LogP contribution >= 0.6 is 55.1 Å². The fourth-order valence-corrected chi connectivity index (χ4v) is 5.67. The molecule has 0 atom stereocenters. The van der Waals surface area contributed by atoms with Crippen LogP contribution in [0.3, 0.4) is 0 Å². The summed E-state index contributed by atoms with van der Waals surface area (Å²) in [6, 6.07) is 12.5. The molecule has 6 aromatic rings. The zero-order chi connectivity index (χ0) is 36.8. The van der Waals surface area contributed by atoms with Crippen molar-refractivity contribution in [3.8, 4) is 23.0 Å². The molecule has 0 aliphatic rings. The first kappa shape index (κ1) is 42.7. The van der Waals surface area contributed by atoms with E-state index < -0.39 is 11.6 Å². The lowest BCUT2D eigenvalue weighted by atomic mass is 10.1. The van der Waals surface area contributed by atoms with Crippen LogP contribution in [-0.4, -0.2) is 25.4 Å². The van der Waals surface area contributed by atoms with Gasteiger partial charge in [0.25, 0.3) is 11.1 Å². The van der Waals surface area contributed by atoms with Gasteiger partial charge in [-0.25, -0.2) is 19.0 Å². The van der Waals surface area contributed by atoms with Gasteiger partial charge in [-0.05, 0) is 87.2 Å². The maximum Gasteiger partial charge on any atom is 0.267 e. The molecule has 2 N–H and O–H groups in total. The molecule has 0 unspecified atom stereocenters. The molecule has 0 aliphatic carbocycles. The van der Waals surface area contributed by atoms with E-state index >= 15 is 0 Å². The van der Waals surface area contributed by atoms with Crippen molar-refractivity contribution in [2.45, 2.75) is 41.5 Å². The van der Waals surface area contributed by atoms with E-state index in [2.05, 4.69) is 57.2 Å². The number of aromatic nitrogens is 6. The summed E-state index contributed by atoms with van der Waals surface area (Å²) in [5.41, 5.74) is 2.09. The van der Waals surface area contributed by atoms with Crippen LogP contribution in [0.25, 0.3) is 0 Å². The zero-order valence-corrected chi connectivity index (χ0v) is 31.1. The highest BCUT2D eigenvalue weighted by Crippen LogP contribution is 2.36. The Morgan fingerprint density at radius 2 is 1.21 bits per heavy atom. The number of nitrogens with one attached hydrogen (secondary N) is 2. The smallest absolute Gasteiger partial charge is 0.267 e. The van der Waals surface area contributed by atoms with E-state index in [1.807, 2.05) is 0 Å². The second kappa shape index (κ2) is 18.9. The molecule has 11 nitrogen and oxygen atoms in total. The first-order valence-electron chi connectivity index (χ1n) is 14.7. The summed E-state index contributed by atoms with van der Waals surface area (Å²) in [4.78, 5) is 26.7. The van der Waals surface area contributed by atoms with Gasteiger partial charge in [0.2, 0.25) is 6.20 Å². The van der Waals surface area contributed by atoms with Gasteiger partial charge < -0.3 is 14.7 Å². The third kappa shape index (κ3) is 11.2. The molecule has 0 fully saturated rings. The number of hydrogen-bond acceptors (Lipinski definition) is 8. The predicted octanol–water partition coefficient (Wildman–Crippen LogP) is 9.33. The van der Waals surface area contributed by atoms with Crippen LogP contribution in [0, 0.1) is 30.7 Å². The van der Waals surface area contributed by atoms with Crippen LogP contribution < -0.4 is 25.3 Å². The van der Waals surface area contributed by atoms with Gasteiger partial charge >= 0.3 is 0 Å². The monoisotopic (exact) mass is 894 g/mol. The number of hydrogen-bond donors (Lipinski definition) is 2. The van der Waals surface area contributed by atoms with Crippen LogP contribution in [0.4, 0.5) is 8.78 Å². The van der Waals surface area contributed by atoms with E-state index in [-0.39, 0.29) is 71.7 Å². The molecule has 53 heavy (non-hydrogen) atoms. The van der Waals surface area contributed by atoms with E-state index in [0.29, 0.717) is 47.5 Å². The molecular weight excluding hydrogens is 865 g/mol. The topological polar surface area (TPSA) is 150 Å². The lowest BCUT2D eigenvalue weighted by Crippen LogP contribution is -2.24. The second-order valence-corrected chi connectivity index (χ2v) is 13.5. The first-order valence-corrected chi connectivity index (χ1v) is 17.0. The van der Waals surface area contributed by atoms with Crippen LogP contribution in [-0.2, 0) is 12.8 Å². The van der Waals surface area contributed by atoms with Gasteiger partial charge in [0.05, 0.1) is 32.1 Å². The molecule has 4 aromatic heterocycles. The van der Waals surface area contributed by atoms with E-state index in [0.717, 1.165) is 6.20 Å². The Balaban J connectivity index is 0.000000275. The fraction of sp³-hybridized carbons (Fsp3) is 0.167. The number of nitrogens with zero attached hydrogens (tertiary/aromatic N) is 4. The van der Waals surface area contributed by atoms with Gasteiger partial charge in [0.15, 0.2) is 35.1 Å². The normalized spacial score (nSPS) is 10.3. The number of benzene rings is 2. The summed E-state index contributed by atoms with van der Waals surface area (Å²) in [5, 5.41) is 24.3. The fourth-order valence-electron chi connectivity index (χ4n) is 4.53. The molecule has 0 bridgehead atoms. The Kier molecular flexibility index (Phi) is 15.2. The minimum atomic E-state index is -0.666. The Morgan fingerprint density at radius 3 is 1.66 bits per heavy atom. The summed E-state index contributed by atoms with van der Waals surface area (Å²) in [6.07, 6.45) is 5.81. The van der Waals surface area contributed by atoms with Crippen molar-refractivity contribution >= 4 is 55.1 Å². The van der Waals surface area contributed by atoms with E-state index in [9.17, 15) is 23.6 Å².